The van der Waals surface area contributed by atoms with Crippen molar-refractivity contribution in [3.8, 4) is 0 Å². The number of guanidine groups is 1. The summed E-state index contributed by atoms with van der Waals surface area (Å²) in [7, 11) is 5.67. The fourth-order valence-corrected chi connectivity index (χ4v) is 3.70. The standard InChI is InChI=1S/C22H35N7O.HI/c1-17(28(3)14-18-8-6-5-7-9-18)12-13-24-22(23-2)25-19-10-11-21-26-20(16-30-4)27-29(21)15-19;/h5-9,17,19H,10-16H2,1-4H3,(H2,23,24,25);1H. The molecule has 2 atom stereocenters. The van der Waals surface area contributed by atoms with Gasteiger partial charge in [0.1, 0.15) is 12.4 Å². The zero-order valence-electron chi connectivity index (χ0n) is 19.0. The fraction of sp³-hybridized carbons (Fsp3) is 0.591. The van der Waals surface area contributed by atoms with E-state index in [1.54, 1.807) is 7.11 Å². The van der Waals surface area contributed by atoms with Crippen molar-refractivity contribution in [3.63, 3.8) is 0 Å². The minimum atomic E-state index is 0. The largest absolute Gasteiger partial charge is 0.377 e. The summed E-state index contributed by atoms with van der Waals surface area (Å²) in [6.45, 7) is 5.36. The number of halogens is 1. The van der Waals surface area contributed by atoms with Gasteiger partial charge in [0.2, 0.25) is 0 Å². The van der Waals surface area contributed by atoms with E-state index in [4.69, 9.17) is 4.74 Å². The molecular formula is C22H36IN7O. The van der Waals surface area contributed by atoms with Crippen molar-refractivity contribution in [3.05, 3.63) is 47.5 Å². The molecule has 3 rings (SSSR count). The third-order valence-electron chi connectivity index (χ3n) is 5.62. The number of aryl methyl sites for hydroxylation is 1. The van der Waals surface area contributed by atoms with Gasteiger partial charge in [-0.2, -0.15) is 5.10 Å². The first-order valence-electron chi connectivity index (χ1n) is 10.7. The molecule has 1 aromatic heterocycles. The van der Waals surface area contributed by atoms with Crippen molar-refractivity contribution in [2.24, 2.45) is 4.99 Å². The molecule has 0 aliphatic carbocycles. The van der Waals surface area contributed by atoms with Gasteiger partial charge < -0.3 is 15.4 Å². The maximum absolute atomic E-state index is 5.14. The van der Waals surface area contributed by atoms with Crippen LogP contribution in [0.25, 0.3) is 0 Å². The average molecular weight is 541 g/mol. The lowest BCUT2D eigenvalue weighted by Crippen LogP contribution is -2.47. The van der Waals surface area contributed by atoms with E-state index in [1.807, 2.05) is 11.7 Å². The number of benzene rings is 1. The number of hydrogen-bond acceptors (Lipinski definition) is 5. The molecule has 0 fully saturated rings. The summed E-state index contributed by atoms with van der Waals surface area (Å²) < 4.78 is 7.13. The number of nitrogens with zero attached hydrogens (tertiary/aromatic N) is 5. The van der Waals surface area contributed by atoms with Crippen LogP contribution < -0.4 is 10.6 Å². The molecular weight excluding hydrogens is 505 g/mol. The number of rotatable bonds is 9. The summed E-state index contributed by atoms with van der Waals surface area (Å²) in [5.41, 5.74) is 1.34. The lowest BCUT2D eigenvalue weighted by molar-refractivity contribution is 0.177. The van der Waals surface area contributed by atoms with E-state index in [0.29, 0.717) is 18.7 Å². The molecule has 0 amide bonds. The number of ether oxygens (including phenoxy) is 1. The Morgan fingerprint density at radius 3 is 2.84 bits per heavy atom. The van der Waals surface area contributed by atoms with Crippen molar-refractivity contribution in [2.45, 2.75) is 58.0 Å². The second kappa shape index (κ2) is 13.0. The number of aliphatic imine (C=N–C) groups is 1. The predicted octanol–water partition coefficient (Wildman–Crippen LogP) is 2.43. The number of fused-ring (bicyclic) bond motifs is 1. The van der Waals surface area contributed by atoms with Gasteiger partial charge in [0.15, 0.2) is 11.8 Å². The normalized spacial score (nSPS) is 17.1. The van der Waals surface area contributed by atoms with E-state index in [0.717, 1.165) is 56.5 Å². The first kappa shape index (κ1) is 25.5. The van der Waals surface area contributed by atoms with E-state index >= 15 is 0 Å². The molecule has 0 saturated carbocycles. The highest BCUT2D eigenvalue weighted by molar-refractivity contribution is 14.0. The molecule has 2 aromatic rings. The van der Waals surface area contributed by atoms with Gasteiger partial charge in [-0.25, -0.2) is 9.67 Å². The Bertz CT molecular complexity index is 811. The van der Waals surface area contributed by atoms with E-state index in [-0.39, 0.29) is 24.0 Å². The second-order valence-corrected chi connectivity index (χ2v) is 7.98. The molecule has 1 aliphatic heterocycles. The Morgan fingerprint density at radius 2 is 2.13 bits per heavy atom. The minimum Gasteiger partial charge on any atom is -0.377 e. The Hall–Kier alpha value is -1.72. The highest BCUT2D eigenvalue weighted by Gasteiger charge is 2.22. The van der Waals surface area contributed by atoms with Crippen molar-refractivity contribution >= 4 is 29.9 Å². The van der Waals surface area contributed by atoms with Gasteiger partial charge in [-0.05, 0) is 32.4 Å². The lowest BCUT2D eigenvalue weighted by Gasteiger charge is -2.27. The molecule has 2 N–H and O–H groups in total. The van der Waals surface area contributed by atoms with Crippen molar-refractivity contribution in [1.82, 2.24) is 30.3 Å². The summed E-state index contributed by atoms with van der Waals surface area (Å²) in [5, 5.41) is 11.5. The van der Waals surface area contributed by atoms with Gasteiger partial charge in [-0.1, -0.05) is 30.3 Å². The first-order valence-corrected chi connectivity index (χ1v) is 10.7. The Kier molecular flexibility index (Phi) is 10.7. The van der Waals surface area contributed by atoms with Crippen LogP contribution in [0.2, 0.25) is 0 Å². The van der Waals surface area contributed by atoms with E-state index in [9.17, 15) is 0 Å². The minimum absolute atomic E-state index is 0. The van der Waals surface area contributed by atoms with Gasteiger partial charge >= 0.3 is 0 Å². The molecule has 172 valence electrons. The third kappa shape index (κ3) is 7.73. The SMILES string of the molecule is CN=C(NCCC(C)N(C)Cc1ccccc1)NC1CCc2nc(COC)nn2C1.I. The highest BCUT2D eigenvalue weighted by atomic mass is 127. The fourth-order valence-electron chi connectivity index (χ4n) is 3.70. The Morgan fingerprint density at radius 1 is 1.35 bits per heavy atom. The van der Waals surface area contributed by atoms with E-state index < -0.39 is 0 Å². The van der Waals surface area contributed by atoms with E-state index in [1.165, 1.54) is 5.56 Å². The lowest BCUT2D eigenvalue weighted by atomic mass is 10.1. The number of nitrogens with one attached hydrogen (secondary N) is 2. The Balaban J connectivity index is 0.00000341. The van der Waals surface area contributed by atoms with E-state index in [2.05, 4.69) is 74.9 Å². The second-order valence-electron chi connectivity index (χ2n) is 7.98. The number of methoxy groups -OCH3 is 1. The predicted molar refractivity (Wildman–Crippen MR) is 135 cm³/mol. The van der Waals surface area contributed by atoms with Crippen molar-refractivity contribution < 1.29 is 4.74 Å². The molecule has 1 aliphatic rings. The maximum atomic E-state index is 5.14. The maximum Gasteiger partial charge on any atom is 0.191 e. The Labute approximate surface area is 202 Å². The van der Waals surface area contributed by atoms with Crippen LogP contribution in [0.15, 0.2) is 35.3 Å². The topological polar surface area (TPSA) is 79.6 Å². The quantitative estimate of drug-likeness (QED) is 0.289. The summed E-state index contributed by atoms with van der Waals surface area (Å²) in [6.07, 6.45) is 2.97. The van der Waals surface area contributed by atoms with Crippen LogP contribution in [0, 0.1) is 0 Å². The van der Waals surface area contributed by atoms with Crippen LogP contribution in [-0.2, 0) is 30.9 Å². The summed E-state index contributed by atoms with van der Waals surface area (Å²) in [4.78, 5) is 11.3. The number of aromatic nitrogens is 3. The van der Waals surface area contributed by atoms with Crippen LogP contribution in [0.4, 0.5) is 0 Å². The molecule has 0 saturated heterocycles. The van der Waals surface area contributed by atoms with Crippen LogP contribution in [0.3, 0.4) is 0 Å². The van der Waals surface area contributed by atoms with Gasteiger partial charge in [-0.15, -0.1) is 24.0 Å². The van der Waals surface area contributed by atoms with Crippen LogP contribution >= 0.6 is 24.0 Å². The molecule has 1 aromatic carbocycles. The molecule has 9 heteroatoms. The smallest absolute Gasteiger partial charge is 0.191 e. The summed E-state index contributed by atoms with van der Waals surface area (Å²) in [6, 6.07) is 11.4. The molecule has 0 bridgehead atoms. The molecule has 2 unspecified atom stereocenters. The van der Waals surface area contributed by atoms with Gasteiger partial charge in [0, 0.05) is 45.8 Å². The van der Waals surface area contributed by atoms with Crippen LogP contribution in [0.1, 0.15) is 37.0 Å². The zero-order chi connectivity index (χ0) is 21.3. The highest BCUT2D eigenvalue weighted by Crippen LogP contribution is 2.13. The molecule has 0 radical (unpaired) electrons. The average Bonchev–Trinajstić information content (AvgIpc) is 3.15. The van der Waals surface area contributed by atoms with Crippen LogP contribution in [0.5, 0.6) is 0 Å². The molecule has 8 nitrogen and oxygen atoms in total. The van der Waals surface area contributed by atoms with Crippen LogP contribution in [-0.4, -0.2) is 65.5 Å². The van der Waals surface area contributed by atoms with Gasteiger partial charge in [0.05, 0.1) is 6.54 Å². The van der Waals surface area contributed by atoms with Gasteiger partial charge in [-0.3, -0.25) is 9.89 Å². The zero-order valence-corrected chi connectivity index (χ0v) is 21.4. The third-order valence-corrected chi connectivity index (χ3v) is 5.62. The monoisotopic (exact) mass is 541 g/mol. The summed E-state index contributed by atoms with van der Waals surface area (Å²) >= 11 is 0. The van der Waals surface area contributed by atoms with Crippen molar-refractivity contribution in [1.29, 1.82) is 0 Å². The summed E-state index contributed by atoms with van der Waals surface area (Å²) in [5.74, 6) is 2.64. The first-order chi connectivity index (χ1) is 14.6. The molecule has 2 heterocycles. The van der Waals surface area contributed by atoms with Crippen molar-refractivity contribution in [2.75, 3.05) is 27.7 Å². The van der Waals surface area contributed by atoms with Gasteiger partial charge in [0.25, 0.3) is 0 Å². The number of hydrogen-bond donors (Lipinski definition) is 2. The molecule has 0 spiro atoms. The molecule has 31 heavy (non-hydrogen) atoms.